The predicted octanol–water partition coefficient (Wildman–Crippen LogP) is 3.14. The number of carboxylic acids is 1. The first-order valence-electron chi connectivity index (χ1n) is 8.37. The lowest BCUT2D eigenvalue weighted by atomic mass is 9.98. The van der Waals surface area contributed by atoms with Crippen LogP contribution in [0.1, 0.15) is 36.4 Å². The zero-order valence-corrected chi connectivity index (χ0v) is 14.3. The number of aliphatic carboxylic acids is 1. The van der Waals surface area contributed by atoms with Crippen molar-refractivity contribution in [2.24, 2.45) is 5.10 Å². The van der Waals surface area contributed by atoms with E-state index in [0.29, 0.717) is 17.7 Å². The number of non-ortho nitro benzene ring substituents is 1. The SMILES string of the molecule is O=C(O)CCC(=O)N1N=C(c2ccccc2)CC1c1ccc([N+](=O)[O-])cc1. The van der Waals surface area contributed by atoms with Gasteiger partial charge in [-0.05, 0) is 11.1 Å². The van der Waals surface area contributed by atoms with Gasteiger partial charge in [0.05, 0.1) is 23.1 Å². The highest BCUT2D eigenvalue weighted by molar-refractivity contribution is 6.03. The summed E-state index contributed by atoms with van der Waals surface area (Å²) >= 11 is 0. The molecule has 1 unspecified atom stereocenters. The van der Waals surface area contributed by atoms with Crippen molar-refractivity contribution in [3.05, 3.63) is 75.8 Å². The van der Waals surface area contributed by atoms with Crippen LogP contribution in [0.5, 0.6) is 0 Å². The van der Waals surface area contributed by atoms with Crippen LogP contribution in [0.4, 0.5) is 5.69 Å². The monoisotopic (exact) mass is 367 g/mol. The molecule has 138 valence electrons. The minimum Gasteiger partial charge on any atom is -0.481 e. The number of nitro benzene ring substituents is 1. The number of amides is 1. The lowest BCUT2D eigenvalue weighted by Gasteiger charge is -2.21. The van der Waals surface area contributed by atoms with E-state index < -0.39 is 22.8 Å². The fraction of sp³-hybridized carbons (Fsp3) is 0.211. The molecule has 0 aromatic heterocycles. The van der Waals surface area contributed by atoms with Crippen molar-refractivity contribution in [1.29, 1.82) is 0 Å². The molecule has 1 aliphatic heterocycles. The van der Waals surface area contributed by atoms with Crippen LogP contribution in [0.2, 0.25) is 0 Å². The van der Waals surface area contributed by atoms with Crippen LogP contribution in [0.25, 0.3) is 0 Å². The van der Waals surface area contributed by atoms with E-state index in [-0.39, 0.29) is 18.5 Å². The van der Waals surface area contributed by atoms with Crippen LogP contribution in [-0.4, -0.2) is 32.6 Å². The number of carbonyl (C=O) groups is 2. The molecule has 2 aromatic carbocycles. The summed E-state index contributed by atoms with van der Waals surface area (Å²) < 4.78 is 0. The van der Waals surface area contributed by atoms with Crippen molar-refractivity contribution in [3.8, 4) is 0 Å². The third kappa shape index (κ3) is 4.17. The first kappa shape index (κ1) is 18.2. The van der Waals surface area contributed by atoms with Gasteiger partial charge >= 0.3 is 5.97 Å². The number of carbonyl (C=O) groups excluding carboxylic acids is 1. The third-order valence-corrected chi connectivity index (χ3v) is 4.31. The molecule has 8 heteroatoms. The number of rotatable bonds is 6. The van der Waals surface area contributed by atoms with Crippen molar-refractivity contribution in [2.45, 2.75) is 25.3 Å². The normalized spacial score (nSPS) is 16.1. The van der Waals surface area contributed by atoms with Crippen LogP contribution < -0.4 is 0 Å². The van der Waals surface area contributed by atoms with Crippen LogP contribution in [0.3, 0.4) is 0 Å². The number of hydrogen-bond acceptors (Lipinski definition) is 5. The molecule has 0 saturated carbocycles. The van der Waals surface area contributed by atoms with Crippen LogP contribution in [0.15, 0.2) is 59.7 Å². The van der Waals surface area contributed by atoms with Crippen LogP contribution in [0, 0.1) is 10.1 Å². The highest BCUT2D eigenvalue weighted by Gasteiger charge is 2.33. The van der Waals surface area contributed by atoms with Gasteiger partial charge in [-0.3, -0.25) is 19.7 Å². The summed E-state index contributed by atoms with van der Waals surface area (Å²) in [5.74, 6) is -1.45. The van der Waals surface area contributed by atoms with Crippen molar-refractivity contribution >= 4 is 23.3 Å². The van der Waals surface area contributed by atoms with Crippen molar-refractivity contribution in [3.63, 3.8) is 0 Å². The van der Waals surface area contributed by atoms with Gasteiger partial charge in [0.25, 0.3) is 5.69 Å². The molecule has 0 fully saturated rings. The minimum atomic E-state index is -1.05. The third-order valence-electron chi connectivity index (χ3n) is 4.31. The summed E-state index contributed by atoms with van der Waals surface area (Å²) in [6.45, 7) is 0. The Balaban J connectivity index is 1.89. The molecule has 2 aromatic rings. The summed E-state index contributed by atoms with van der Waals surface area (Å²) in [5.41, 5.74) is 2.25. The van der Waals surface area contributed by atoms with E-state index in [4.69, 9.17) is 5.11 Å². The molecular weight excluding hydrogens is 350 g/mol. The second-order valence-electron chi connectivity index (χ2n) is 6.11. The molecule has 1 amide bonds. The maximum Gasteiger partial charge on any atom is 0.303 e. The van der Waals surface area contributed by atoms with Gasteiger partial charge in [0, 0.05) is 25.0 Å². The number of carboxylic acid groups (broad SMARTS) is 1. The average molecular weight is 367 g/mol. The van der Waals surface area contributed by atoms with E-state index in [0.717, 1.165) is 5.56 Å². The van der Waals surface area contributed by atoms with Gasteiger partial charge in [-0.15, -0.1) is 0 Å². The number of hydrazone groups is 1. The molecule has 1 atom stereocenters. The Morgan fingerprint density at radius 3 is 2.37 bits per heavy atom. The zero-order valence-electron chi connectivity index (χ0n) is 14.3. The smallest absolute Gasteiger partial charge is 0.303 e. The van der Waals surface area contributed by atoms with Crippen molar-refractivity contribution < 1.29 is 19.6 Å². The Hall–Kier alpha value is -3.55. The molecule has 0 bridgehead atoms. The van der Waals surface area contributed by atoms with E-state index >= 15 is 0 Å². The molecule has 0 radical (unpaired) electrons. The van der Waals surface area contributed by atoms with Gasteiger partial charge in [-0.1, -0.05) is 42.5 Å². The maximum absolute atomic E-state index is 12.5. The van der Waals surface area contributed by atoms with Gasteiger partial charge in [-0.25, -0.2) is 5.01 Å². The number of nitro groups is 1. The van der Waals surface area contributed by atoms with Crippen LogP contribution >= 0.6 is 0 Å². The van der Waals surface area contributed by atoms with E-state index in [2.05, 4.69) is 5.10 Å². The first-order valence-corrected chi connectivity index (χ1v) is 8.37. The van der Waals surface area contributed by atoms with Gasteiger partial charge in [-0.2, -0.15) is 5.10 Å². The summed E-state index contributed by atoms with van der Waals surface area (Å²) in [4.78, 5) is 33.7. The molecule has 8 nitrogen and oxygen atoms in total. The fourth-order valence-corrected chi connectivity index (χ4v) is 2.95. The largest absolute Gasteiger partial charge is 0.481 e. The van der Waals surface area contributed by atoms with E-state index in [1.165, 1.54) is 17.1 Å². The van der Waals surface area contributed by atoms with Gasteiger partial charge < -0.3 is 5.11 Å². The molecule has 1 heterocycles. The summed E-state index contributed by atoms with van der Waals surface area (Å²) in [6.07, 6.45) is 0.00350. The Morgan fingerprint density at radius 1 is 1.11 bits per heavy atom. The predicted molar refractivity (Wildman–Crippen MR) is 97.1 cm³/mol. The molecular formula is C19H17N3O5. The number of hydrogen-bond donors (Lipinski definition) is 1. The molecule has 0 aliphatic carbocycles. The molecule has 3 rings (SSSR count). The van der Waals surface area contributed by atoms with Crippen molar-refractivity contribution in [2.75, 3.05) is 0 Å². The standard InChI is InChI=1S/C19H17N3O5/c23-18(10-11-19(24)25)21-17(14-6-8-15(9-7-14)22(26)27)12-16(20-21)13-4-2-1-3-5-13/h1-9,17H,10-12H2,(H,24,25). The molecule has 1 aliphatic rings. The summed E-state index contributed by atoms with van der Waals surface area (Å²) in [5, 5.41) is 25.4. The van der Waals surface area contributed by atoms with Gasteiger partial charge in [0.15, 0.2) is 0 Å². The van der Waals surface area contributed by atoms with Crippen LogP contribution in [-0.2, 0) is 9.59 Å². The lowest BCUT2D eigenvalue weighted by Crippen LogP contribution is -2.27. The Labute approximate surface area is 154 Å². The average Bonchev–Trinajstić information content (AvgIpc) is 3.12. The Kier molecular flexibility index (Phi) is 5.25. The van der Waals surface area contributed by atoms with E-state index in [1.54, 1.807) is 12.1 Å². The fourth-order valence-electron chi connectivity index (χ4n) is 2.95. The second kappa shape index (κ2) is 7.77. The Bertz CT molecular complexity index is 893. The van der Waals surface area contributed by atoms with Crippen molar-refractivity contribution in [1.82, 2.24) is 5.01 Å². The molecule has 0 saturated heterocycles. The Morgan fingerprint density at radius 2 is 1.78 bits per heavy atom. The highest BCUT2D eigenvalue weighted by Crippen LogP contribution is 2.34. The lowest BCUT2D eigenvalue weighted by molar-refractivity contribution is -0.384. The second-order valence-corrected chi connectivity index (χ2v) is 6.11. The van der Waals surface area contributed by atoms with Gasteiger partial charge in [0.1, 0.15) is 0 Å². The molecule has 27 heavy (non-hydrogen) atoms. The number of nitrogens with zero attached hydrogens (tertiary/aromatic N) is 3. The minimum absolute atomic E-state index is 0.0373. The topological polar surface area (TPSA) is 113 Å². The quantitative estimate of drug-likeness (QED) is 0.622. The zero-order chi connectivity index (χ0) is 19.4. The summed E-state index contributed by atoms with van der Waals surface area (Å²) in [7, 11) is 0. The molecule has 0 spiro atoms. The van der Waals surface area contributed by atoms with E-state index in [9.17, 15) is 19.7 Å². The number of benzene rings is 2. The van der Waals surface area contributed by atoms with E-state index in [1.807, 2.05) is 30.3 Å². The highest BCUT2D eigenvalue weighted by atomic mass is 16.6. The maximum atomic E-state index is 12.5. The summed E-state index contributed by atoms with van der Waals surface area (Å²) in [6, 6.07) is 14.9. The first-order chi connectivity index (χ1) is 13.0. The molecule has 1 N–H and O–H groups in total. The van der Waals surface area contributed by atoms with Gasteiger partial charge in [0.2, 0.25) is 5.91 Å².